The average Bonchev–Trinajstić information content (AvgIpc) is 2.27. The van der Waals surface area contributed by atoms with Crippen molar-refractivity contribution in [1.29, 1.82) is 0 Å². The van der Waals surface area contributed by atoms with Gasteiger partial charge in [0.15, 0.2) is 5.54 Å². The minimum absolute atomic E-state index is 0.0605. The Morgan fingerprint density at radius 2 is 1.68 bits per heavy atom. The van der Waals surface area contributed by atoms with Gasteiger partial charge in [-0.1, -0.05) is 0 Å². The first-order chi connectivity index (χ1) is 9.86. The molecule has 0 aromatic carbocycles. The summed E-state index contributed by atoms with van der Waals surface area (Å²) in [6.07, 6.45) is -1.87. The van der Waals surface area contributed by atoms with E-state index < -0.39 is 34.9 Å². The van der Waals surface area contributed by atoms with Crippen LogP contribution in [-0.4, -0.2) is 53.2 Å². The average molecular weight is 317 g/mol. The summed E-state index contributed by atoms with van der Waals surface area (Å²) in [5, 5.41) is 12.7. The number of aliphatic hydroxyl groups excluding tert-OH is 1. The molecule has 128 valence electrons. The molecule has 1 saturated heterocycles. The third-order valence-corrected chi connectivity index (χ3v) is 2.97. The molecule has 0 bridgehead atoms. The number of rotatable bonds is 2. The summed E-state index contributed by atoms with van der Waals surface area (Å²) in [6.45, 7) is 10.5. The Balaban J connectivity index is 2.97. The van der Waals surface area contributed by atoms with Gasteiger partial charge in [0.05, 0.1) is 6.61 Å². The van der Waals surface area contributed by atoms with E-state index >= 15 is 0 Å². The van der Waals surface area contributed by atoms with Gasteiger partial charge in [-0.2, -0.15) is 0 Å². The Morgan fingerprint density at radius 1 is 1.14 bits per heavy atom. The Bertz CT molecular complexity index is 423. The number of hydrogen-bond donors (Lipinski definition) is 2. The molecule has 2 unspecified atom stereocenters. The lowest BCUT2D eigenvalue weighted by atomic mass is 9.87. The van der Waals surface area contributed by atoms with Crippen LogP contribution in [-0.2, 0) is 19.0 Å². The monoisotopic (exact) mass is 317 g/mol. The van der Waals surface area contributed by atoms with Gasteiger partial charge in [-0.05, 0) is 41.5 Å². The molecule has 7 nitrogen and oxygen atoms in total. The van der Waals surface area contributed by atoms with E-state index in [2.05, 4.69) is 5.32 Å². The molecule has 0 spiro atoms. The Labute approximate surface area is 131 Å². The quantitative estimate of drug-likeness (QED) is 0.747. The summed E-state index contributed by atoms with van der Waals surface area (Å²) < 4.78 is 15.7. The zero-order valence-electron chi connectivity index (χ0n) is 14.2. The number of aliphatic hydroxyl groups is 1. The smallest absolute Gasteiger partial charge is 0.408 e. The predicted octanol–water partition coefficient (Wildman–Crippen LogP) is 1.37. The highest BCUT2D eigenvalue weighted by Gasteiger charge is 2.51. The third-order valence-electron chi connectivity index (χ3n) is 2.97. The number of nitrogens with one attached hydrogen (secondary N) is 1. The molecular formula is C15H27NO6. The summed E-state index contributed by atoms with van der Waals surface area (Å²) in [5.41, 5.74) is -3.01. The van der Waals surface area contributed by atoms with Crippen molar-refractivity contribution >= 4 is 12.1 Å². The van der Waals surface area contributed by atoms with Crippen molar-refractivity contribution in [2.24, 2.45) is 0 Å². The second kappa shape index (κ2) is 6.42. The predicted molar refractivity (Wildman–Crippen MR) is 79.4 cm³/mol. The standard InChI is InChI=1S/C15H27NO6/c1-13(2,3)21-11(18)15(7-8-20-9-10(15)17)16-12(19)22-14(4,5)6/h10,17H,7-9H2,1-6H3,(H,16,19). The van der Waals surface area contributed by atoms with Crippen LogP contribution in [0.15, 0.2) is 0 Å². The molecule has 7 heteroatoms. The van der Waals surface area contributed by atoms with Crippen LogP contribution in [0.4, 0.5) is 4.79 Å². The van der Waals surface area contributed by atoms with Crippen molar-refractivity contribution < 1.29 is 28.9 Å². The maximum Gasteiger partial charge on any atom is 0.408 e. The van der Waals surface area contributed by atoms with Crippen LogP contribution >= 0.6 is 0 Å². The summed E-state index contributed by atoms with van der Waals surface area (Å²) in [4.78, 5) is 24.6. The normalized spacial score (nSPS) is 26.2. The molecule has 1 heterocycles. The van der Waals surface area contributed by atoms with E-state index in [-0.39, 0.29) is 19.6 Å². The van der Waals surface area contributed by atoms with Crippen molar-refractivity contribution in [2.45, 2.75) is 70.8 Å². The van der Waals surface area contributed by atoms with E-state index in [1.807, 2.05) is 0 Å². The van der Waals surface area contributed by atoms with Crippen LogP contribution in [0.5, 0.6) is 0 Å². The number of hydrogen-bond acceptors (Lipinski definition) is 6. The van der Waals surface area contributed by atoms with Crippen LogP contribution < -0.4 is 5.32 Å². The fraction of sp³-hybridized carbons (Fsp3) is 0.867. The van der Waals surface area contributed by atoms with Crippen molar-refractivity contribution in [2.75, 3.05) is 13.2 Å². The number of carbonyl (C=O) groups excluding carboxylic acids is 2. The van der Waals surface area contributed by atoms with Crippen molar-refractivity contribution in [1.82, 2.24) is 5.32 Å². The van der Waals surface area contributed by atoms with E-state index in [4.69, 9.17) is 14.2 Å². The van der Waals surface area contributed by atoms with Gasteiger partial charge in [-0.3, -0.25) is 0 Å². The molecule has 22 heavy (non-hydrogen) atoms. The summed E-state index contributed by atoms with van der Waals surface area (Å²) >= 11 is 0. The minimum Gasteiger partial charge on any atom is -0.458 e. The first-order valence-corrected chi connectivity index (χ1v) is 7.36. The SMILES string of the molecule is CC(C)(C)OC(=O)NC1(C(=O)OC(C)(C)C)CCOCC1O. The molecule has 0 saturated carbocycles. The largest absolute Gasteiger partial charge is 0.458 e. The highest BCUT2D eigenvalue weighted by molar-refractivity contribution is 5.87. The molecule has 1 amide bonds. The van der Waals surface area contributed by atoms with Gasteiger partial charge in [0.1, 0.15) is 17.3 Å². The molecule has 1 aliphatic rings. The van der Waals surface area contributed by atoms with Crippen molar-refractivity contribution in [3.63, 3.8) is 0 Å². The number of amides is 1. The minimum atomic E-state index is -1.56. The highest BCUT2D eigenvalue weighted by atomic mass is 16.6. The number of esters is 1. The van der Waals surface area contributed by atoms with Gasteiger partial charge >= 0.3 is 12.1 Å². The summed E-state index contributed by atoms with van der Waals surface area (Å²) in [6, 6.07) is 0. The molecule has 1 fully saturated rings. The van der Waals surface area contributed by atoms with Gasteiger partial charge in [0.2, 0.25) is 0 Å². The Kier molecular flexibility index (Phi) is 5.46. The maximum absolute atomic E-state index is 12.5. The third kappa shape index (κ3) is 5.14. The van der Waals surface area contributed by atoms with Crippen LogP contribution in [0.3, 0.4) is 0 Å². The number of alkyl carbamates (subject to hydrolysis) is 1. The Morgan fingerprint density at radius 3 is 2.14 bits per heavy atom. The van der Waals surface area contributed by atoms with E-state index in [0.29, 0.717) is 0 Å². The first-order valence-electron chi connectivity index (χ1n) is 7.36. The Hall–Kier alpha value is -1.34. The van der Waals surface area contributed by atoms with E-state index in [9.17, 15) is 14.7 Å². The molecule has 0 aromatic rings. The molecule has 2 N–H and O–H groups in total. The number of ether oxygens (including phenoxy) is 3. The fourth-order valence-corrected chi connectivity index (χ4v) is 2.03. The van der Waals surface area contributed by atoms with Crippen LogP contribution in [0.1, 0.15) is 48.0 Å². The molecule has 0 radical (unpaired) electrons. The zero-order valence-corrected chi connectivity index (χ0v) is 14.2. The number of carbonyl (C=O) groups is 2. The van der Waals surface area contributed by atoms with Gasteiger partial charge in [-0.15, -0.1) is 0 Å². The van der Waals surface area contributed by atoms with Crippen molar-refractivity contribution in [3.8, 4) is 0 Å². The zero-order chi connectivity index (χ0) is 17.2. The molecule has 0 aliphatic carbocycles. The molecule has 0 aromatic heterocycles. The van der Waals surface area contributed by atoms with Gasteiger partial charge in [0, 0.05) is 13.0 Å². The first kappa shape index (κ1) is 18.7. The molecule has 2 atom stereocenters. The van der Waals surface area contributed by atoms with Crippen LogP contribution in [0.2, 0.25) is 0 Å². The van der Waals surface area contributed by atoms with Gasteiger partial charge in [-0.25, -0.2) is 9.59 Å². The lowest BCUT2D eigenvalue weighted by Crippen LogP contribution is -2.67. The second-order valence-electron chi connectivity index (χ2n) is 7.44. The summed E-state index contributed by atoms with van der Waals surface area (Å²) in [5.74, 6) is -0.693. The highest BCUT2D eigenvalue weighted by Crippen LogP contribution is 2.26. The van der Waals surface area contributed by atoms with E-state index in [1.165, 1.54) is 0 Å². The molecular weight excluding hydrogens is 290 g/mol. The molecule has 1 rings (SSSR count). The van der Waals surface area contributed by atoms with Gasteiger partial charge < -0.3 is 24.6 Å². The lowest BCUT2D eigenvalue weighted by Gasteiger charge is -2.41. The fourth-order valence-electron chi connectivity index (χ4n) is 2.03. The van der Waals surface area contributed by atoms with Gasteiger partial charge in [0.25, 0.3) is 0 Å². The topological polar surface area (TPSA) is 94.1 Å². The van der Waals surface area contributed by atoms with Crippen molar-refractivity contribution in [3.05, 3.63) is 0 Å². The second-order valence-corrected chi connectivity index (χ2v) is 7.44. The maximum atomic E-state index is 12.5. The van der Waals surface area contributed by atoms with E-state index in [0.717, 1.165) is 0 Å². The van der Waals surface area contributed by atoms with Crippen LogP contribution in [0, 0.1) is 0 Å². The van der Waals surface area contributed by atoms with E-state index in [1.54, 1.807) is 41.5 Å². The lowest BCUT2D eigenvalue weighted by molar-refractivity contribution is -0.177. The molecule has 1 aliphatic heterocycles. The van der Waals surface area contributed by atoms with Crippen LogP contribution in [0.25, 0.3) is 0 Å². The summed E-state index contributed by atoms with van der Waals surface area (Å²) in [7, 11) is 0.